The highest BCUT2D eigenvalue weighted by Crippen LogP contribution is 2.10. The fourth-order valence-corrected chi connectivity index (χ4v) is 0.989. The zero-order valence-electron chi connectivity index (χ0n) is 7.95. The van der Waals surface area contributed by atoms with E-state index in [4.69, 9.17) is 5.73 Å². The molecule has 0 aliphatic rings. The van der Waals surface area contributed by atoms with Gasteiger partial charge in [-0.05, 0) is 18.6 Å². The van der Waals surface area contributed by atoms with E-state index in [1.54, 1.807) is 12.1 Å². The van der Waals surface area contributed by atoms with Crippen LogP contribution in [0.4, 0.5) is 5.69 Å². The van der Waals surface area contributed by atoms with Gasteiger partial charge in [-0.3, -0.25) is 9.78 Å². The van der Waals surface area contributed by atoms with E-state index < -0.39 is 0 Å². The van der Waals surface area contributed by atoms with Gasteiger partial charge in [-0.25, -0.2) is 0 Å². The Morgan fingerprint density at radius 2 is 2.31 bits per heavy atom. The quantitative estimate of drug-likeness (QED) is 0.719. The van der Waals surface area contributed by atoms with E-state index in [9.17, 15) is 4.79 Å². The van der Waals surface area contributed by atoms with Crippen LogP contribution in [0.1, 0.15) is 30.8 Å². The minimum absolute atomic E-state index is 0.0381. The van der Waals surface area contributed by atoms with Gasteiger partial charge in [0.15, 0.2) is 5.78 Å². The number of aromatic nitrogens is 1. The van der Waals surface area contributed by atoms with Crippen LogP contribution in [0.25, 0.3) is 0 Å². The molecule has 0 aliphatic carbocycles. The summed E-state index contributed by atoms with van der Waals surface area (Å²) in [6, 6.07) is 3.37. The molecule has 0 aliphatic heterocycles. The van der Waals surface area contributed by atoms with E-state index >= 15 is 0 Å². The maximum Gasteiger partial charge on any atom is 0.183 e. The van der Waals surface area contributed by atoms with Crippen molar-refractivity contribution in [3.8, 4) is 0 Å². The zero-order chi connectivity index (χ0) is 9.84. The fourth-order valence-electron chi connectivity index (χ4n) is 0.989. The van der Waals surface area contributed by atoms with Crippen molar-refractivity contribution < 1.29 is 4.79 Å². The minimum Gasteiger partial charge on any atom is -0.397 e. The van der Waals surface area contributed by atoms with Crippen LogP contribution < -0.4 is 5.73 Å². The number of carbonyl (C=O) groups excluding carboxylic acids is 1. The minimum atomic E-state index is 0.0381. The van der Waals surface area contributed by atoms with E-state index in [0.29, 0.717) is 11.4 Å². The molecule has 2 N–H and O–H groups in total. The van der Waals surface area contributed by atoms with Gasteiger partial charge in [-0.2, -0.15) is 0 Å². The summed E-state index contributed by atoms with van der Waals surface area (Å²) >= 11 is 0. The van der Waals surface area contributed by atoms with Crippen molar-refractivity contribution in [2.75, 3.05) is 5.73 Å². The lowest BCUT2D eigenvalue weighted by Gasteiger charge is -2.05. The highest BCUT2D eigenvalue weighted by Gasteiger charge is 2.13. The molecule has 0 saturated carbocycles. The highest BCUT2D eigenvalue weighted by molar-refractivity contribution is 5.95. The maximum atomic E-state index is 11.6. The smallest absolute Gasteiger partial charge is 0.183 e. The number of Topliss-reactive ketones (excluding diaryl/α,β-unsaturated/α-hetero) is 1. The highest BCUT2D eigenvalue weighted by atomic mass is 16.1. The molecule has 1 unspecified atom stereocenters. The molecule has 1 rings (SSSR count). The summed E-state index contributed by atoms with van der Waals surface area (Å²) in [6.07, 6.45) is 2.35. The number of anilines is 1. The molecule has 1 aromatic rings. The average molecular weight is 178 g/mol. The molecule has 3 heteroatoms. The van der Waals surface area contributed by atoms with E-state index in [-0.39, 0.29) is 11.7 Å². The number of hydrogen-bond donors (Lipinski definition) is 1. The van der Waals surface area contributed by atoms with Crippen molar-refractivity contribution in [2.45, 2.75) is 20.3 Å². The van der Waals surface area contributed by atoms with Gasteiger partial charge in [-0.1, -0.05) is 13.8 Å². The van der Waals surface area contributed by atoms with Gasteiger partial charge >= 0.3 is 0 Å². The van der Waals surface area contributed by atoms with Crippen LogP contribution in [0.15, 0.2) is 18.3 Å². The predicted octanol–water partition coefficient (Wildman–Crippen LogP) is 1.89. The van der Waals surface area contributed by atoms with Crippen LogP contribution in [0.2, 0.25) is 0 Å². The topological polar surface area (TPSA) is 56.0 Å². The van der Waals surface area contributed by atoms with E-state index in [0.717, 1.165) is 6.42 Å². The molecule has 13 heavy (non-hydrogen) atoms. The lowest BCUT2D eigenvalue weighted by Crippen LogP contribution is -2.11. The van der Waals surface area contributed by atoms with Crippen molar-refractivity contribution in [3.05, 3.63) is 24.0 Å². The first-order chi connectivity index (χ1) is 6.15. The van der Waals surface area contributed by atoms with Crippen molar-refractivity contribution in [1.29, 1.82) is 0 Å². The monoisotopic (exact) mass is 178 g/mol. The Labute approximate surface area is 78.0 Å². The molecule has 3 nitrogen and oxygen atoms in total. The molecular formula is C10H14N2O. The van der Waals surface area contributed by atoms with Gasteiger partial charge in [-0.15, -0.1) is 0 Å². The second-order valence-corrected chi connectivity index (χ2v) is 3.15. The van der Waals surface area contributed by atoms with Crippen LogP contribution >= 0.6 is 0 Å². The van der Waals surface area contributed by atoms with Gasteiger partial charge in [0, 0.05) is 5.92 Å². The number of nitrogens with two attached hydrogens (primary N) is 1. The molecular weight excluding hydrogens is 164 g/mol. The second kappa shape index (κ2) is 4.03. The van der Waals surface area contributed by atoms with Crippen molar-refractivity contribution >= 4 is 11.5 Å². The first kappa shape index (κ1) is 9.71. The van der Waals surface area contributed by atoms with E-state index in [2.05, 4.69) is 4.98 Å². The maximum absolute atomic E-state index is 11.6. The Hall–Kier alpha value is -1.38. The number of hydrogen-bond acceptors (Lipinski definition) is 3. The number of rotatable bonds is 3. The molecule has 0 aromatic carbocycles. The summed E-state index contributed by atoms with van der Waals surface area (Å²) in [6.45, 7) is 3.89. The number of ketones is 1. The van der Waals surface area contributed by atoms with Crippen molar-refractivity contribution in [3.63, 3.8) is 0 Å². The van der Waals surface area contributed by atoms with Crippen LogP contribution in [0, 0.1) is 5.92 Å². The molecule has 0 fully saturated rings. The van der Waals surface area contributed by atoms with Gasteiger partial charge in [0.25, 0.3) is 0 Å². The molecule has 0 radical (unpaired) electrons. The predicted molar refractivity (Wildman–Crippen MR) is 52.4 cm³/mol. The Bertz CT molecular complexity index is 292. The molecule has 0 saturated heterocycles. The molecule has 1 atom stereocenters. The van der Waals surface area contributed by atoms with Gasteiger partial charge in [0.05, 0.1) is 11.9 Å². The van der Waals surface area contributed by atoms with Gasteiger partial charge in [0.2, 0.25) is 0 Å². The average Bonchev–Trinajstić information content (AvgIpc) is 2.17. The molecule has 0 amide bonds. The largest absolute Gasteiger partial charge is 0.397 e. The lowest BCUT2D eigenvalue weighted by molar-refractivity contribution is 0.0922. The van der Waals surface area contributed by atoms with Crippen molar-refractivity contribution in [2.24, 2.45) is 5.92 Å². The summed E-state index contributed by atoms with van der Waals surface area (Å²) in [5.41, 5.74) is 6.55. The fraction of sp³-hybridized carbons (Fsp3) is 0.400. The molecule has 1 heterocycles. The third-order valence-electron chi connectivity index (χ3n) is 2.10. The summed E-state index contributed by atoms with van der Waals surface area (Å²) in [7, 11) is 0. The van der Waals surface area contributed by atoms with Crippen LogP contribution in [-0.2, 0) is 0 Å². The standard InChI is InChI=1S/C10H14N2O/c1-3-7(2)10(13)9-5-4-8(11)6-12-9/h4-7H,3,11H2,1-2H3. The number of nitrogen functional groups attached to an aromatic ring is 1. The van der Waals surface area contributed by atoms with Crippen molar-refractivity contribution in [1.82, 2.24) is 4.98 Å². The summed E-state index contributed by atoms with van der Waals surface area (Å²) in [5.74, 6) is 0.124. The number of carbonyl (C=O) groups is 1. The SMILES string of the molecule is CCC(C)C(=O)c1ccc(N)cn1. The first-order valence-electron chi connectivity index (χ1n) is 4.41. The molecule has 70 valence electrons. The summed E-state index contributed by atoms with van der Waals surface area (Å²) in [5, 5.41) is 0. The first-order valence-corrected chi connectivity index (χ1v) is 4.41. The van der Waals surface area contributed by atoms with E-state index in [1.807, 2.05) is 13.8 Å². The number of nitrogens with zero attached hydrogens (tertiary/aromatic N) is 1. The third-order valence-corrected chi connectivity index (χ3v) is 2.10. The normalized spacial score (nSPS) is 12.5. The van der Waals surface area contributed by atoms with Gasteiger partial charge < -0.3 is 5.73 Å². The Morgan fingerprint density at radius 3 is 2.77 bits per heavy atom. The van der Waals surface area contributed by atoms with Crippen LogP contribution in [0.3, 0.4) is 0 Å². The number of pyridine rings is 1. The molecule has 0 spiro atoms. The van der Waals surface area contributed by atoms with Gasteiger partial charge in [0.1, 0.15) is 5.69 Å². The summed E-state index contributed by atoms with van der Waals surface area (Å²) in [4.78, 5) is 15.6. The second-order valence-electron chi connectivity index (χ2n) is 3.15. The molecule has 0 bridgehead atoms. The third kappa shape index (κ3) is 2.28. The van der Waals surface area contributed by atoms with Crippen LogP contribution in [-0.4, -0.2) is 10.8 Å². The summed E-state index contributed by atoms with van der Waals surface area (Å²) < 4.78 is 0. The Kier molecular flexibility index (Phi) is 3.01. The Morgan fingerprint density at radius 1 is 1.62 bits per heavy atom. The van der Waals surface area contributed by atoms with Crippen LogP contribution in [0.5, 0.6) is 0 Å². The Balaban J connectivity index is 2.83. The van der Waals surface area contributed by atoms with E-state index in [1.165, 1.54) is 6.20 Å². The lowest BCUT2D eigenvalue weighted by atomic mass is 10.0. The molecule has 1 aromatic heterocycles. The zero-order valence-corrected chi connectivity index (χ0v) is 7.95.